The first kappa shape index (κ1) is 16.4. The zero-order valence-electron chi connectivity index (χ0n) is 12.8. The van der Waals surface area contributed by atoms with Crippen molar-refractivity contribution in [2.24, 2.45) is 0 Å². The lowest BCUT2D eigenvalue weighted by Gasteiger charge is -2.30. The first-order valence-corrected chi connectivity index (χ1v) is 7.00. The summed E-state index contributed by atoms with van der Waals surface area (Å²) in [6, 6.07) is 0. The highest BCUT2D eigenvalue weighted by Gasteiger charge is 2.18. The topological polar surface area (TPSA) is 58.6 Å². The van der Waals surface area contributed by atoms with Crippen molar-refractivity contribution in [3.8, 4) is 0 Å². The number of nitrogens with zero attached hydrogens (tertiary/aromatic N) is 1. The molecule has 0 aliphatic carbocycles. The molecule has 0 unspecified atom stereocenters. The number of carbonyl (C=O) groups is 2. The van der Waals surface area contributed by atoms with E-state index in [4.69, 9.17) is 4.74 Å². The third kappa shape index (κ3) is 4.49. The van der Waals surface area contributed by atoms with Gasteiger partial charge in [-0.3, -0.25) is 4.79 Å². The average Bonchev–Trinajstić information content (AvgIpc) is 2.39. The Bertz CT molecular complexity index is 432. The molecule has 1 saturated heterocycles. The van der Waals surface area contributed by atoms with Gasteiger partial charge in [0.05, 0.1) is 6.61 Å². The molecule has 1 rings (SSSR count). The van der Waals surface area contributed by atoms with Gasteiger partial charge in [-0.25, -0.2) is 4.79 Å². The highest BCUT2D eigenvalue weighted by molar-refractivity contribution is 6.17. The first-order valence-electron chi connectivity index (χ1n) is 7.00. The number of allylic oxidation sites excluding steroid dienone is 3. The third-order valence-corrected chi connectivity index (χ3v) is 3.27. The third-order valence-electron chi connectivity index (χ3n) is 3.27. The van der Waals surface area contributed by atoms with Crippen LogP contribution >= 0.6 is 0 Å². The lowest BCUT2D eigenvalue weighted by Crippen LogP contribution is -2.42. The second-order valence-electron chi connectivity index (χ2n) is 4.86. The molecule has 1 heterocycles. The molecule has 1 aliphatic heterocycles. The normalized spacial score (nSPS) is 17.6. The van der Waals surface area contributed by atoms with Crippen molar-refractivity contribution in [2.45, 2.75) is 27.7 Å². The predicted octanol–water partition coefficient (Wildman–Crippen LogP) is 1.26. The summed E-state index contributed by atoms with van der Waals surface area (Å²) in [5, 5.41) is 3.29. The summed E-state index contributed by atoms with van der Waals surface area (Å²) in [5.74, 6) is -0.799. The van der Waals surface area contributed by atoms with Crippen molar-refractivity contribution in [3.63, 3.8) is 0 Å². The molecule has 1 fully saturated rings. The summed E-state index contributed by atoms with van der Waals surface area (Å²) in [6.45, 7) is 10.9. The molecule has 1 N–H and O–H groups in total. The van der Waals surface area contributed by atoms with Crippen LogP contribution in [0.2, 0.25) is 0 Å². The molecule has 0 saturated carbocycles. The number of ether oxygens (including phenoxy) is 1. The van der Waals surface area contributed by atoms with Crippen LogP contribution in [0.4, 0.5) is 0 Å². The predicted molar refractivity (Wildman–Crippen MR) is 78.2 cm³/mol. The smallest absolute Gasteiger partial charge is 0.342 e. The van der Waals surface area contributed by atoms with Crippen LogP contribution in [0.1, 0.15) is 27.7 Å². The lowest BCUT2D eigenvalue weighted by molar-refractivity contribution is -0.139. The van der Waals surface area contributed by atoms with E-state index in [1.807, 2.05) is 13.0 Å². The number of nitrogens with one attached hydrogen (secondary N) is 1. The summed E-state index contributed by atoms with van der Waals surface area (Å²) in [7, 11) is 0. The number of esters is 1. The van der Waals surface area contributed by atoms with Gasteiger partial charge in [0.2, 0.25) is 0 Å². The van der Waals surface area contributed by atoms with Gasteiger partial charge >= 0.3 is 5.97 Å². The van der Waals surface area contributed by atoms with E-state index in [1.165, 1.54) is 6.92 Å². The van der Waals surface area contributed by atoms with Crippen LogP contribution < -0.4 is 5.32 Å². The molecule has 0 aromatic heterocycles. The fraction of sp³-hybridized carbons (Fsp3) is 0.600. The zero-order chi connectivity index (χ0) is 15.1. The quantitative estimate of drug-likeness (QED) is 0.270. The maximum atomic E-state index is 11.8. The van der Waals surface area contributed by atoms with Gasteiger partial charge in [0.1, 0.15) is 5.57 Å². The Labute approximate surface area is 120 Å². The molecular weight excluding hydrogens is 256 g/mol. The molecule has 0 bridgehead atoms. The minimum absolute atomic E-state index is 0.140. The Hall–Kier alpha value is -1.62. The van der Waals surface area contributed by atoms with Crippen LogP contribution in [0.25, 0.3) is 0 Å². The van der Waals surface area contributed by atoms with Crippen molar-refractivity contribution >= 4 is 11.8 Å². The Morgan fingerprint density at radius 3 is 2.30 bits per heavy atom. The van der Waals surface area contributed by atoms with E-state index in [-0.39, 0.29) is 18.0 Å². The van der Waals surface area contributed by atoms with E-state index in [0.717, 1.165) is 31.9 Å². The Morgan fingerprint density at radius 1 is 1.20 bits per heavy atom. The van der Waals surface area contributed by atoms with Crippen LogP contribution in [-0.2, 0) is 14.3 Å². The standard InChI is InChI=1S/C15H24N2O3/c1-5-20-15(19)14(13(4)18)11(2)10-12(3)17-8-6-16-7-9-17/h10,16H,5-9H2,1-4H3/b12-10+,14-11+. The van der Waals surface area contributed by atoms with Gasteiger partial charge in [0.15, 0.2) is 5.78 Å². The fourth-order valence-electron chi connectivity index (χ4n) is 2.28. The molecule has 5 nitrogen and oxygen atoms in total. The van der Waals surface area contributed by atoms with E-state index in [9.17, 15) is 9.59 Å². The number of hydrogen-bond acceptors (Lipinski definition) is 5. The first-order chi connectivity index (χ1) is 9.47. The van der Waals surface area contributed by atoms with Gasteiger partial charge in [-0.05, 0) is 39.3 Å². The van der Waals surface area contributed by atoms with Gasteiger partial charge in [-0.15, -0.1) is 0 Å². The molecule has 0 spiro atoms. The highest BCUT2D eigenvalue weighted by Crippen LogP contribution is 2.14. The summed E-state index contributed by atoms with van der Waals surface area (Å²) in [6.07, 6.45) is 1.89. The summed E-state index contributed by atoms with van der Waals surface area (Å²) >= 11 is 0. The van der Waals surface area contributed by atoms with E-state index < -0.39 is 5.97 Å². The molecule has 20 heavy (non-hydrogen) atoms. The second kappa shape index (κ2) is 7.85. The van der Waals surface area contributed by atoms with Crippen molar-refractivity contribution in [2.75, 3.05) is 32.8 Å². The maximum Gasteiger partial charge on any atom is 0.342 e. The lowest BCUT2D eigenvalue weighted by atomic mass is 10.0. The van der Waals surface area contributed by atoms with Crippen LogP contribution in [0.15, 0.2) is 22.9 Å². The minimum Gasteiger partial charge on any atom is -0.462 e. The minimum atomic E-state index is -0.540. The van der Waals surface area contributed by atoms with Crippen LogP contribution in [0, 0.1) is 0 Å². The van der Waals surface area contributed by atoms with Gasteiger partial charge in [0.25, 0.3) is 0 Å². The molecular formula is C15H24N2O3. The molecule has 0 radical (unpaired) electrons. The number of hydrogen-bond donors (Lipinski definition) is 1. The number of carbonyl (C=O) groups excluding carboxylic acids is 2. The Kier molecular flexibility index (Phi) is 6.45. The summed E-state index contributed by atoms with van der Waals surface area (Å²) < 4.78 is 4.94. The van der Waals surface area contributed by atoms with Crippen LogP contribution in [0.5, 0.6) is 0 Å². The van der Waals surface area contributed by atoms with Gasteiger partial charge in [0, 0.05) is 31.9 Å². The van der Waals surface area contributed by atoms with Crippen LogP contribution in [0.3, 0.4) is 0 Å². The van der Waals surface area contributed by atoms with Crippen molar-refractivity contribution < 1.29 is 14.3 Å². The van der Waals surface area contributed by atoms with Gasteiger partial charge < -0.3 is 15.0 Å². The van der Waals surface area contributed by atoms with Crippen molar-refractivity contribution in [1.29, 1.82) is 0 Å². The van der Waals surface area contributed by atoms with E-state index >= 15 is 0 Å². The number of ketones is 1. The van der Waals surface area contributed by atoms with Crippen molar-refractivity contribution in [1.82, 2.24) is 10.2 Å². The summed E-state index contributed by atoms with van der Waals surface area (Å²) in [4.78, 5) is 25.7. The maximum absolute atomic E-state index is 11.8. The highest BCUT2D eigenvalue weighted by atomic mass is 16.5. The monoisotopic (exact) mass is 280 g/mol. The number of rotatable bonds is 5. The largest absolute Gasteiger partial charge is 0.462 e. The molecule has 0 aromatic carbocycles. The van der Waals surface area contributed by atoms with E-state index in [2.05, 4.69) is 10.2 Å². The Morgan fingerprint density at radius 2 is 1.80 bits per heavy atom. The van der Waals surface area contributed by atoms with Crippen molar-refractivity contribution in [3.05, 3.63) is 22.9 Å². The Balaban J connectivity index is 2.96. The van der Waals surface area contributed by atoms with E-state index in [1.54, 1.807) is 13.8 Å². The van der Waals surface area contributed by atoms with Gasteiger partial charge in [-0.2, -0.15) is 0 Å². The number of piperazine rings is 1. The SMILES string of the molecule is CCOC(=O)/C(C(C)=O)=C(C)/C=C(\C)N1CCNCC1. The van der Waals surface area contributed by atoms with E-state index in [0.29, 0.717) is 5.57 Å². The molecule has 0 aromatic rings. The summed E-state index contributed by atoms with van der Waals surface area (Å²) in [5.41, 5.74) is 1.86. The molecule has 5 heteroatoms. The molecule has 1 aliphatic rings. The zero-order valence-corrected chi connectivity index (χ0v) is 12.8. The van der Waals surface area contributed by atoms with Gasteiger partial charge in [-0.1, -0.05) is 0 Å². The van der Waals surface area contributed by atoms with Crippen LogP contribution in [-0.4, -0.2) is 49.4 Å². The molecule has 0 atom stereocenters. The average molecular weight is 280 g/mol. The second-order valence-corrected chi connectivity index (χ2v) is 4.86. The molecule has 112 valence electrons. The number of Topliss-reactive ketones (excluding diaryl/α,β-unsaturated/α-hetero) is 1. The molecule has 0 amide bonds. The fourth-order valence-corrected chi connectivity index (χ4v) is 2.28.